The number of hydrogen-bond acceptors (Lipinski definition) is 4. The summed E-state index contributed by atoms with van der Waals surface area (Å²) < 4.78 is 35.4. The van der Waals surface area contributed by atoms with Crippen molar-refractivity contribution in [2.75, 3.05) is 10.5 Å². The van der Waals surface area contributed by atoms with E-state index in [-0.39, 0.29) is 17.4 Å². The molecular weight excluding hydrogens is 424 g/mol. The summed E-state index contributed by atoms with van der Waals surface area (Å²) in [5.41, 5.74) is 3.16. The number of anilines is 1. The number of nitrogens with zero attached hydrogens (tertiary/aromatic N) is 1. The van der Waals surface area contributed by atoms with Gasteiger partial charge in [0.05, 0.1) is 11.9 Å². The fraction of sp³-hybridized carbons (Fsp3) is 0.400. The minimum Gasteiger partial charge on any atom is -0.489 e. The predicted molar refractivity (Wildman–Crippen MR) is 128 cm³/mol. The Balaban J connectivity index is 1.70. The highest BCUT2D eigenvalue weighted by atomic mass is 32.2. The van der Waals surface area contributed by atoms with Gasteiger partial charge in [0.2, 0.25) is 10.0 Å². The van der Waals surface area contributed by atoms with E-state index in [2.05, 4.69) is 4.72 Å². The summed E-state index contributed by atoms with van der Waals surface area (Å²) in [7, 11) is -1.68. The van der Waals surface area contributed by atoms with E-state index in [1.165, 1.54) is 12.8 Å². The third-order valence-electron chi connectivity index (χ3n) is 6.51. The van der Waals surface area contributed by atoms with E-state index in [9.17, 15) is 13.2 Å². The molecule has 2 aromatic carbocycles. The Bertz CT molecular complexity index is 1360. The van der Waals surface area contributed by atoms with Crippen molar-refractivity contribution in [1.82, 2.24) is 4.57 Å². The summed E-state index contributed by atoms with van der Waals surface area (Å²) in [5.74, 6) is 1.58. The molecule has 168 valence electrons. The van der Waals surface area contributed by atoms with Gasteiger partial charge in [0.15, 0.2) is 0 Å². The molecule has 1 saturated carbocycles. The first kappa shape index (κ1) is 21.1. The van der Waals surface area contributed by atoms with Gasteiger partial charge in [-0.3, -0.25) is 9.52 Å². The van der Waals surface area contributed by atoms with Gasteiger partial charge in [0.1, 0.15) is 5.75 Å². The largest absolute Gasteiger partial charge is 0.489 e. The van der Waals surface area contributed by atoms with Crippen molar-refractivity contribution < 1.29 is 13.2 Å². The molecule has 7 heteroatoms. The molecule has 1 atom stereocenters. The predicted octanol–water partition coefficient (Wildman–Crippen LogP) is 4.46. The maximum Gasteiger partial charge on any atom is 0.258 e. The first-order chi connectivity index (χ1) is 15.3. The molecule has 1 N–H and O–H groups in total. The molecule has 0 saturated heterocycles. The van der Waals surface area contributed by atoms with Crippen molar-refractivity contribution >= 4 is 26.5 Å². The van der Waals surface area contributed by atoms with Crippen LogP contribution >= 0.6 is 0 Å². The Morgan fingerprint density at radius 1 is 1.09 bits per heavy atom. The van der Waals surface area contributed by atoms with E-state index in [0.29, 0.717) is 11.1 Å². The monoisotopic (exact) mass is 452 g/mol. The zero-order valence-electron chi connectivity index (χ0n) is 18.4. The molecule has 5 rings (SSSR count). The number of ether oxygens (including phenoxy) is 1. The fourth-order valence-corrected chi connectivity index (χ4v) is 5.21. The van der Waals surface area contributed by atoms with Gasteiger partial charge in [0, 0.05) is 35.4 Å². The van der Waals surface area contributed by atoms with Gasteiger partial charge in [-0.15, -0.1) is 0 Å². The molecule has 2 aliphatic rings. The smallest absolute Gasteiger partial charge is 0.258 e. The average Bonchev–Trinajstić information content (AvgIpc) is 3.60. The van der Waals surface area contributed by atoms with Gasteiger partial charge in [-0.05, 0) is 61.3 Å². The molecule has 1 fully saturated rings. The molecule has 0 amide bonds. The van der Waals surface area contributed by atoms with Crippen LogP contribution in [-0.4, -0.2) is 24.8 Å². The van der Waals surface area contributed by atoms with Crippen molar-refractivity contribution in [1.29, 1.82) is 0 Å². The van der Waals surface area contributed by atoms with E-state index in [1.807, 2.05) is 42.6 Å². The van der Waals surface area contributed by atoms with Crippen LogP contribution in [-0.2, 0) is 23.5 Å². The molecule has 6 nitrogen and oxygen atoms in total. The second-order valence-corrected chi connectivity index (χ2v) is 11.0. The van der Waals surface area contributed by atoms with Crippen LogP contribution in [0.5, 0.6) is 5.75 Å². The quantitative estimate of drug-likeness (QED) is 0.599. The number of benzene rings is 2. The van der Waals surface area contributed by atoms with E-state index in [0.717, 1.165) is 53.0 Å². The van der Waals surface area contributed by atoms with E-state index < -0.39 is 10.0 Å². The zero-order valence-corrected chi connectivity index (χ0v) is 19.2. The summed E-state index contributed by atoms with van der Waals surface area (Å²) in [6.07, 6.45) is 7.40. The number of hydrogen-bond donors (Lipinski definition) is 1. The van der Waals surface area contributed by atoms with Crippen molar-refractivity contribution in [3.63, 3.8) is 0 Å². The molecule has 2 heterocycles. The second-order valence-electron chi connectivity index (χ2n) is 8.98. The highest BCUT2D eigenvalue weighted by Crippen LogP contribution is 2.44. The number of aryl methyl sites for hydroxylation is 2. The molecule has 3 aromatic rings. The Morgan fingerprint density at radius 2 is 1.84 bits per heavy atom. The highest BCUT2D eigenvalue weighted by Gasteiger charge is 2.31. The van der Waals surface area contributed by atoms with Gasteiger partial charge in [-0.25, -0.2) is 8.42 Å². The Morgan fingerprint density at radius 3 is 2.56 bits per heavy atom. The second kappa shape index (κ2) is 7.96. The van der Waals surface area contributed by atoms with Gasteiger partial charge in [0.25, 0.3) is 5.56 Å². The lowest BCUT2D eigenvalue weighted by atomic mass is 9.92. The van der Waals surface area contributed by atoms with Crippen molar-refractivity contribution in [3.8, 4) is 16.9 Å². The maximum atomic E-state index is 12.7. The normalized spacial score (nSPS) is 18.2. The first-order valence-corrected chi connectivity index (χ1v) is 12.9. The van der Waals surface area contributed by atoms with E-state index in [1.54, 1.807) is 18.5 Å². The number of rotatable bonds is 6. The number of pyridine rings is 1. The summed E-state index contributed by atoms with van der Waals surface area (Å²) in [6, 6.07) is 11.3. The molecular formula is C25H28N2O4S. The molecule has 32 heavy (non-hydrogen) atoms. The lowest BCUT2D eigenvalue weighted by Crippen LogP contribution is -2.24. The highest BCUT2D eigenvalue weighted by molar-refractivity contribution is 7.92. The lowest BCUT2D eigenvalue weighted by molar-refractivity contribution is 0.158. The molecule has 1 aliphatic carbocycles. The number of aromatic nitrogens is 1. The Kier molecular flexibility index (Phi) is 5.24. The Hall–Kier alpha value is -2.80. The minimum absolute atomic E-state index is 0.00213. The van der Waals surface area contributed by atoms with Crippen LogP contribution in [0.2, 0.25) is 0 Å². The molecule has 1 unspecified atom stereocenters. The fourth-order valence-electron chi connectivity index (χ4n) is 4.59. The molecule has 0 spiro atoms. The maximum absolute atomic E-state index is 12.7. The summed E-state index contributed by atoms with van der Waals surface area (Å²) in [5, 5.41) is 1.47. The third-order valence-corrected chi connectivity index (χ3v) is 7.82. The van der Waals surface area contributed by atoms with Crippen LogP contribution in [0.25, 0.3) is 21.9 Å². The zero-order chi connectivity index (χ0) is 22.5. The van der Waals surface area contributed by atoms with Crippen molar-refractivity contribution in [2.24, 2.45) is 13.0 Å². The van der Waals surface area contributed by atoms with E-state index in [4.69, 9.17) is 4.74 Å². The van der Waals surface area contributed by atoms with Crippen LogP contribution < -0.4 is 15.0 Å². The Labute approximate surface area is 188 Å². The summed E-state index contributed by atoms with van der Waals surface area (Å²) in [4.78, 5) is 12.7. The number of sulfonamides is 1. The molecule has 1 aliphatic heterocycles. The van der Waals surface area contributed by atoms with Crippen LogP contribution in [0.3, 0.4) is 0 Å². The van der Waals surface area contributed by atoms with Gasteiger partial charge in [-0.2, -0.15) is 0 Å². The van der Waals surface area contributed by atoms with Crippen LogP contribution in [0.15, 0.2) is 47.4 Å². The number of nitrogens with one attached hydrogen (secondary N) is 1. The SMILES string of the molecule is CCS(=O)(=O)Nc1cc2c(c(-c3cn(C)c(=O)c4ccccc34)c1)OC(CC1CC1)CC2. The van der Waals surface area contributed by atoms with Crippen LogP contribution in [0, 0.1) is 5.92 Å². The van der Waals surface area contributed by atoms with E-state index >= 15 is 0 Å². The number of fused-ring (bicyclic) bond motifs is 2. The molecule has 0 radical (unpaired) electrons. The van der Waals surface area contributed by atoms with Crippen molar-refractivity contribution in [3.05, 3.63) is 58.5 Å². The van der Waals surface area contributed by atoms with Gasteiger partial charge < -0.3 is 9.30 Å². The average molecular weight is 453 g/mol. The summed E-state index contributed by atoms with van der Waals surface area (Å²) >= 11 is 0. The summed E-state index contributed by atoms with van der Waals surface area (Å²) in [6.45, 7) is 1.62. The lowest BCUT2D eigenvalue weighted by Gasteiger charge is -2.29. The first-order valence-electron chi connectivity index (χ1n) is 11.3. The van der Waals surface area contributed by atoms with Crippen molar-refractivity contribution in [2.45, 2.75) is 45.1 Å². The van der Waals surface area contributed by atoms with Crippen LogP contribution in [0.1, 0.15) is 38.2 Å². The molecule has 1 aromatic heterocycles. The van der Waals surface area contributed by atoms with Crippen LogP contribution in [0.4, 0.5) is 5.69 Å². The third kappa shape index (κ3) is 4.01. The standard InChI is InChI=1S/C25H28N2O4S/c1-3-32(29,30)26-18-13-17-10-11-19(12-16-8-9-16)31-24(17)22(14-18)23-15-27(2)25(28)21-7-5-4-6-20(21)23/h4-7,13-16,19,26H,3,8-12H2,1-2H3. The topological polar surface area (TPSA) is 77.4 Å². The molecule has 0 bridgehead atoms. The minimum atomic E-state index is -3.42. The van der Waals surface area contributed by atoms with Gasteiger partial charge >= 0.3 is 0 Å². The van der Waals surface area contributed by atoms with Gasteiger partial charge in [-0.1, -0.05) is 31.0 Å².